The van der Waals surface area contributed by atoms with Crippen LogP contribution in [0.2, 0.25) is 10.0 Å². The largest absolute Gasteiger partial charge is 0.352 e. The van der Waals surface area contributed by atoms with E-state index in [1.165, 1.54) is 4.90 Å². The van der Waals surface area contributed by atoms with Gasteiger partial charge in [0.25, 0.3) is 0 Å². The van der Waals surface area contributed by atoms with Crippen molar-refractivity contribution in [3.63, 3.8) is 0 Å². The molecule has 2 aromatic rings. The van der Waals surface area contributed by atoms with Crippen molar-refractivity contribution in [2.45, 2.75) is 46.3 Å². The lowest BCUT2D eigenvalue weighted by molar-refractivity contribution is -0.139. The molecule has 2 amide bonds. The molecule has 1 N–H and O–H groups in total. The van der Waals surface area contributed by atoms with Gasteiger partial charge in [-0.1, -0.05) is 41.4 Å². The minimum Gasteiger partial charge on any atom is -0.352 e. The van der Waals surface area contributed by atoms with Gasteiger partial charge >= 0.3 is 0 Å². The van der Waals surface area contributed by atoms with Crippen LogP contribution in [0.4, 0.5) is 5.69 Å². The van der Waals surface area contributed by atoms with Crippen molar-refractivity contribution >= 4 is 50.7 Å². The van der Waals surface area contributed by atoms with Gasteiger partial charge in [0.1, 0.15) is 12.6 Å². The molecule has 0 heterocycles. The Morgan fingerprint density at radius 1 is 1.03 bits per heavy atom. The summed E-state index contributed by atoms with van der Waals surface area (Å²) in [6, 6.07) is 10.8. The summed E-state index contributed by atoms with van der Waals surface area (Å²) in [4.78, 5) is 27.5. The lowest BCUT2D eigenvalue weighted by Gasteiger charge is -2.32. The molecule has 0 aliphatic heterocycles. The SMILES string of the molecule is Cc1c(Cl)cccc1N(CC(=O)N(Cc1ccc(Cl)cc1)[C@@H](C)C(=O)NC(C)C)S(C)(=O)=O. The third-order valence-electron chi connectivity index (χ3n) is 5.05. The van der Waals surface area contributed by atoms with Crippen LogP contribution in [0.5, 0.6) is 0 Å². The number of hydrogen-bond acceptors (Lipinski definition) is 4. The number of sulfonamides is 1. The first-order valence-corrected chi connectivity index (χ1v) is 13.0. The van der Waals surface area contributed by atoms with Crippen molar-refractivity contribution in [3.05, 3.63) is 63.6 Å². The lowest BCUT2D eigenvalue weighted by atomic mass is 10.1. The van der Waals surface area contributed by atoms with E-state index in [0.717, 1.165) is 16.1 Å². The second-order valence-electron chi connectivity index (χ2n) is 8.14. The Hall–Kier alpha value is -2.29. The maximum atomic E-state index is 13.5. The van der Waals surface area contributed by atoms with Gasteiger partial charge in [-0.3, -0.25) is 13.9 Å². The number of halogens is 2. The zero-order valence-corrected chi connectivity index (χ0v) is 21.6. The van der Waals surface area contributed by atoms with E-state index in [0.29, 0.717) is 21.3 Å². The van der Waals surface area contributed by atoms with Gasteiger partial charge in [-0.2, -0.15) is 0 Å². The Morgan fingerprint density at radius 3 is 2.18 bits per heavy atom. The summed E-state index contributed by atoms with van der Waals surface area (Å²) in [7, 11) is -3.82. The topological polar surface area (TPSA) is 86.8 Å². The average Bonchev–Trinajstić information content (AvgIpc) is 2.72. The number of carbonyl (C=O) groups is 2. The summed E-state index contributed by atoms with van der Waals surface area (Å²) in [6.45, 7) is 6.57. The first-order chi connectivity index (χ1) is 15.3. The molecule has 0 bridgehead atoms. The van der Waals surface area contributed by atoms with Gasteiger partial charge in [0.05, 0.1) is 11.9 Å². The highest BCUT2D eigenvalue weighted by atomic mass is 35.5. The number of nitrogens with one attached hydrogen (secondary N) is 1. The van der Waals surface area contributed by atoms with Crippen LogP contribution in [-0.4, -0.2) is 50.0 Å². The predicted molar refractivity (Wildman–Crippen MR) is 133 cm³/mol. The molecule has 0 fully saturated rings. The van der Waals surface area contributed by atoms with E-state index in [1.54, 1.807) is 56.3 Å². The molecule has 7 nitrogen and oxygen atoms in total. The number of benzene rings is 2. The molecule has 0 radical (unpaired) electrons. The highest BCUT2D eigenvalue weighted by Crippen LogP contribution is 2.28. The van der Waals surface area contributed by atoms with Crippen molar-refractivity contribution in [3.8, 4) is 0 Å². The summed E-state index contributed by atoms with van der Waals surface area (Å²) in [5.74, 6) is -0.863. The third kappa shape index (κ3) is 7.35. The number of carbonyl (C=O) groups excluding carboxylic acids is 2. The van der Waals surface area contributed by atoms with Crippen LogP contribution in [0.15, 0.2) is 42.5 Å². The van der Waals surface area contributed by atoms with Gasteiger partial charge in [0, 0.05) is 22.6 Å². The maximum Gasteiger partial charge on any atom is 0.244 e. The number of rotatable bonds is 9. The standard InChI is InChI=1S/C23H29Cl2N3O4S/c1-15(2)26-23(30)17(4)27(13-18-9-11-19(24)12-10-18)22(29)14-28(33(5,31)32)21-8-6-7-20(25)16(21)3/h6-12,15,17H,13-14H2,1-5H3,(H,26,30)/t17-/m0/s1. The summed E-state index contributed by atoms with van der Waals surface area (Å²) in [5, 5.41) is 3.73. The van der Waals surface area contributed by atoms with Crippen molar-refractivity contribution in [1.82, 2.24) is 10.2 Å². The summed E-state index contributed by atoms with van der Waals surface area (Å²) in [6.07, 6.45) is 1.03. The Morgan fingerprint density at radius 2 is 1.64 bits per heavy atom. The highest BCUT2D eigenvalue weighted by molar-refractivity contribution is 7.92. The fourth-order valence-corrected chi connectivity index (χ4v) is 4.43. The van der Waals surface area contributed by atoms with Crippen molar-refractivity contribution < 1.29 is 18.0 Å². The quantitative estimate of drug-likeness (QED) is 0.548. The minimum absolute atomic E-state index is 0.106. The summed E-state index contributed by atoms with van der Waals surface area (Å²) < 4.78 is 26.2. The van der Waals surface area contributed by atoms with Crippen molar-refractivity contribution in [2.75, 3.05) is 17.1 Å². The zero-order chi connectivity index (χ0) is 24.9. The smallest absolute Gasteiger partial charge is 0.244 e. The number of anilines is 1. The monoisotopic (exact) mass is 513 g/mol. The molecule has 0 spiro atoms. The van der Waals surface area contributed by atoms with E-state index >= 15 is 0 Å². The van der Waals surface area contributed by atoms with E-state index in [4.69, 9.17) is 23.2 Å². The molecule has 2 aromatic carbocycles. The predicted octanol–water partition coefficient (Wildman–Crippen LogP) is 4.01. The molecule has 0 saturated carbocycles. The van der Waals surface area contributed by atoms with Gasteiger partial charge in [0.2, 0.25) is 21.8 Å². The number of hydrogen-bond donors (Lipinski definition) is 1. The molecule has 0 unspecified atom stereocenters. The van der Waals surface area contributed by atoms with Crippen LogP contribution in [0.25, 0.3) is 0 Å². The molecule has 0 aliphatic carbocycles. The van der Waals surface area contributed by atoms with Crippen LogP contribution in [0, 0.1) is 6.92 Å². The van der Waals surface area contributed by atoms with Crippen molar-refractivity contribution in [2.24, 2.45) is 0 Å². The first kappa shape index (κ1) is 27.0. The Balaban J connectivity index is 2.43. The Kier molecular flexibility index (Phi) is 9.17. The molecule has 180 valence electrons. The molecular weight excluding hydrogens is 485 g/mol. The van der Waals surface area contributed by atoms with E-state index in [9.17, 15) is 18.0 Å². The second kappa shape index (κ2) is 11.2. The average molecular weight is 514 g/mol. The third-order valence-corrected chi connectivity index (χ3v) is 6.84. The van der Waals surface area contributed by atoms with Crippen LogP contribution < -0.4 is 9.62 Å². The molecule has 2 rings (SSSR count). The number of nitrogens with zero attached hydrogens (tertiary/aromatic N) is 2. The Labute approximate surface area is 205 Å². The van der Waals surface area contributed by atoms with Gasteiger partial charge in [0.15, 0.2) is 0 Å². The number of amides is 2. The van der Waals surface area contributed by atoms with Crippen LogP contribution in [-0.2, 0) is 26.2 Å². The first-order valence-electron chi connectivity index (χ1n) is 10.4. The van der Waals surface area contributed by atoms with Gasteiger partial charge < -0.3 is 10.2 Å². The molecule has 0 aromatic heterocycles. The molecule has 1 atom stereocenters. The van der Waals surface area contributed by atoms with Crippen LogP contribution >= 0.6 is 23.2 Å². The minimum atomic E-state index is -3.82. The lowest BCUT2D eigenvalue weighted by Crippen LogP contribution is -2.52. The van der Waals surface area contributed by atoms with E-state index in [2.05, 4.69) is 5.32 Å². The molecule has 33 heavy (non-hydrogen) atoms. The highest BCUT2D eigenvalue weighted by Gasteiger charge is 2.31. The molecular formula is C23H29Cl2N3O4S. The van der Waals surface area contributed by atoms with Gasteiger partial charge in [-0.25, -0.2) is 8.42 Å². The fourth-order valence-electron chi connectivity index (χ4n) is 3.24. The van der Waals surface area contributed by atoms with Gasteiger partial charge in [-0.05, 0) is 63.1 Å². The zero-order valence-electron chi connectivity index (χ0n) is 19.3. The van der Waals surface area contributed by atoms with E-state index in [-0.39, 0.29) is 18.5 Å². The van der Waals surface area contributed by atoms with Crippen LogP contribution in [0.3, 0.4) is 0 Å². The summed E-state index contributed by atoms with van der Waals surface area (Å²) >= 11 is 12.2. The fraction of sp³-hybridized carbons (Fsp3) is 0.391. The maximum absolute atomic E-state index is 13.5. The van der Waals surface area contributed by atoms with E-state index < -0.39 is 28.5 Å². The second-order valence-corrected chi connectivity index (χ2v) is 10.9. The summed E-state index contributed by atoms with van der Waals surface area (Å²) in [5.41, 5.74) is 1.60. The normalized spacial score (nSPS) is 12.4. The molecule has 10 heteroatoms. The van der Waals surface area contributed by atoms with E-state index in [1.807, 2.05) is 13.8 Å². The van der Waals surface area contributed by atoms with Gasteiger partial charge in [-0.15, -0.1) is 0 Å². The molecule has 0 saturated heterocycles. The molecule has 0 aliphatic rings. The Bertz CT molecular complexity index is 1110. The van der Waals surface area contributed by atoms with Crippen molar-refractivity contribution in [1.29, 1.82) is 0 Å². The van der Waals surface area contributed by atoms with Crippen LogP contribution in [0.1, 0.15) is 31.9 Å².